The van der Waals surface area contributed by atoms with Gasteiger partial charge in [0.25, 0.3) is 0 Å². The number of rotatable bonds is 1. The molecule has 1 unspecified atom stereocenters. The lowest BCUT2D eigenvalue weighted by molar-refractivity contribution is 0.238. The lowest BCUT2D eigenvalue weighted by Gasteiger charge is -2.01. The number of hydrogen-bond donors (Lipinski definition) is 1. The van der Waals surface area contributed by atoms with Crippen molar-refractivity contribution in [2.45, 2.75) is 6.10 Å². The highest BCUT2D eigenvalue weighted by Crippen LogP contribution is 2.12. The average molecular weight is 244 g/mol. The summed E-state index contributed by atoms with van der Waals surface area (Å²) in [6.45, 7) is 0. The zero-order chi connectivity index (χ0) is 13.0. The van der Waals surface area contributed by atoms with E-state index in [1.807, 2.05) is 6.07 Å². The Morgan fingerprint density at radius 1 is 0.944 bits per heavy atom. The standard InChI is InChI=1S/C15H10F2O/c16-13-8-6-11(10-14(13)17)7-9-15(18)12-4-2-1-3-5-12/h1-6,8,10,15,18H. The zero-order valence-electron chi connectivity index (χ0n) is 9.40. The van der Waals surface area contributed by atoms with Crippen molar-refractivity contribution >= 4 is 0 Å². The van der Waals surface area contributed by atoms with Gasteiger partial charge in [0, 0.05) is 5.56 Å². The number of aliphatic hydroxyl groups excluding tert-OH is 1. The molecule has 2 aromatic carbocycles. The lowest BCUT2D eigenvalue weighted by atomic mass is 10.1. The molecule has 1 nitrogen and oxygen atoms in total. The molecule has 1 atom stereocenters. The van der Waals surface area contributed by atoms with Gasteiger partial charge in [-0.3, -0.25) is 0 Å². The summed E-state index contributed by atoms with van der Waals surface area (Å²) in [5.41, 5.74) is 0.983. The van der Waals surface area contributed by atoms with Crippen LogP contribution in [0.25, 0.3) is 0 Å². The summed E-state index contributed by atoms with van der Waals surface area (Å²) in [6.07, 6.45) is -0.945. The Morgan fingerprint density at radius 2 is 1.67 bits per heavy atom. The Balaban J connectivity index is 2.19. The van der Waals surface area contributed by atoms with Crippen LogP contribution in [0, 0.1) is 23.5 Å². The van der Waals surface area contributed by atoms with Crippen LogP contribution in [-0.4, -0.2) is 5.11 Å². The molecule has 2 aromatic rings. The van der Waals surface area contributed by atoms with Gasteiger partial charge in [0.05, 0.1) is 0 Å². The molecule has 0 bridgehead atoms. The van der Waals surface area contributed by atoms with E-state index in [0.717, 1.165) is 12.1 Å². The second kappa shape index (κ2) is 5.44. The van der Waals surface area contributed by atoms with Crippen molar-refractivity contribution in [3.8, 4) is 11.8 Å². The number of benzene rings is 2. The molecule has 0 saturated carbocycles. The summed E-state index contributed by atoms with van der Waals surface area (Å²) in [5, 5.41) is 9.76. The number of halogens is 2. The minimum absolute atomic E-state index is 0.323. The van der Waals surface area contributed by atoms with Gasteiger partial charge in [-0.15, -0.1) is 0 Å². The molecule has 0 fully saturated rings. The van der Waals surface area contributed by atoms with Crippen molar-refractivity contribution in [2.75, 3.05) is 0 Å². The lowest BCUT2D eigenvalue weighted by Crippen LogP contribution is -1.93. The third-order valence-electron chi connectivity index (χ3n) is 2.39. The van der Waals surface area contributed by atoms with E-state index < -0.39 is 17.7 Å². The number of aliphatic hydroxyl groups is 1. The van der Waals surface area contributed by atoms with Crippen molar-refractivity contribution in [3.05, 3.63) is 71.3 Å². The van der Waals surface area contributed by atoms with Gasteiger partial charge in [0.1, 0.15) is 6.10 Å². The maximum Gasteiger partial charge on any atom is 0.160 e. The third kappa shape index (κ3) is 2.93. The minimum atomic E-state index is -0.948. The predicted molar refractivity (Wildman–Crippen MR) is 64.6 cm³/mol. The highest BCUT2D eigenvalue weighted by Gasteiger charge is 2.03. The van der Waals surface area contributed by atoms with E-state index in [2.05, 4.69) is 11.8 Å². The van der Waals surface area contributed by atoms with Crippen LogP contribution in [0.5, 0.6) is 0 Å². The molecule has 0 aliphatic carbocycles. The number of hydrogen-bond acceptors (Lipinski definition) is 1. The van der Waals surface area contributed by atoms with Crippen LogP contribution >= 0.6 is 0 Å². The van der Waals surface area contributed by atoms with Crippen molar-refractivity contribution in [3.63, 3.8) is 0 Å². The van der Waals surface area contributed by atoms with Crippen LogP contribution in [-0.2, 0) is 0 Å². The molecule has 18 heavy (non-hydrogen) atoms. The smallest absolute Gasteiger partial charge is 0.160 e. The Kier molecular flexibility index (Phi) is 3.71. The Hall–Kier alpha value is -2.18. The zero-order valence-corrected chi connectivity index (χ0v) is 9.40. The largest absolute Gasteiger partial charge is 0.376 e. The molecule has 0 aromatic heterocycles. The summed E-state index contributed by atoms with van der Waals surface area (Å²) in [4.78, 5) is 0. The molecule has 1 N–H and O–H groups in total. The summed E-state index contributed by atoms with van der Waals surface area (Å²) >= 11 is 0. The predicted octanol–water partition coefficient (Wildman–Crippen LogP) is 3.05. The SMILES string of the molecule is OC(C#Cc1ccc(F)c(F)c1)c1ccccc1. The van der Waals surface area contributed by atoms with Crippen molar-refractivity contribution < 1.29 is 13.9 Å². The van der Waals surface area contributed by atoms with Crippen molar-refractivity contribution in [2.24, 2.45) is 0 Å². The summed E-state index contributed by atoms with van der Waals surface area (Å²) < 4.78 is 25.6. The molecule has 0 amide bonds. The van der Waals surface area contributed by atoms with Crippen LogP contribution in [0.1, 0.15) is 17.2 Å². The molecule has 0 spiro atoms. The van der Waals surface area contributed by atoms with Gasteiger partial charge in [-0.2, -0.15) is 0 Å². The van der Waals surface area contributed by atoms with Gasteiger partial charge >= 0.3 is 0 Å². The van der Waals surface area contributed by atoms with Gasteiger partial charge < -0.3 is 5.11 Å². The maximum absolute atomic E-state index is 12.9. The molecule has 3 heteroatoms. The quantitative estimate of drug-likeness (QED) is 0.764. The van der Waals surface area contributed by atoms with E-state index >= 15 is 0 Å². The van der Waals surface area contributed by atoms with Gasteiger partial charge in [-0.05, 0) is 23.8 Å². The molecule has 0 radical (unpaired) electrons. The van der Waals surface area contributed by atoms with E-state index in [0.29, 0.717) is 11.1 Å². The topological polar surface area (TPSA) is 20.2 Å². The van der Waals surface area contributed by atoms with Crippen LogP contribution in [0.3, 0.4) is 0 Å². The van der Waals surface area contributed by atoms with Gasteiger partial charge in [0.2, 0.25) is 0 Å². The summed E-state index contributed by atoms with van der Waals surface area (Å²) in [6, 6.07) is 12.3. The highest BCUT2D eigenvalue weighted by molar-refractivity contribution is 5.37. The summed E-state index contributed by atoms with van der Waals surface area (Å²) in [5.74, 6) is 3.32. The first-order chi connectivity index (χ1) is 8.66. The van der Waals surface area contributed by atoms with Crippen LogP contribution in [0.2, 0.25) is 0 Å². The fraction of sp³-hybridized carbons (Fsp3) is 0.0667. The first-order valence-corrected chi connectivity index (χ1v) is 5.36. The van der Waals surface area contributed by atoms with Crippen LogP contribution in [0.4, 0.5) is 8.78 Å². The molecule has 90 valence electrons. The molecule has 2 rings (SSSR count). The van der Waals surface area contributed by atoms with E-state index in [9.17, 15) is 13.9 Å². The minimum Gasteiger partial charge on any atom is -0.376 e. The fourth-order valence-corrected chi connectivity index (χ4v) is 1.44. The average Bonchev–Trinajstić information content (AvgIpc) is 2.41. The molecule has 0 aliphatic heterocycles. The first-order valence-electron chi connectivity index (χ1n) is 5.36. The van der Waals surface area contributed by atoms with Crippen LogP contribution < -0.4 is 0 Å². The Bertz CT molecular complexity index is 597. The van der Waals surface area contributed by atoms with E-state index in [1.54, 1.807) is 24.3 Å². The first kappa shape index (κ1) is 12.3. The highest BCUT2D eigenvalue weighted by atomic mass is 19.2. The molecular formula is C15H10F2O. The third-order valence-corrected chi connectivity index (χ3v) is 2.39. The van der Waals surface area contributed by atoms with Gasteiger partial charge in [-0.1, -0.05) is 42.2 Å². The van der Waals surface area contributed by atoms with Crippen molar-refractivity contribution in [1.82, 2.24) is 0 Å². The molecule has 0 aliphatic rings. The molecular weight excluding hydrogens is 234 g/mol. The van der Waals surface area contributed by atoms with E-state index in [-0.39, 0.29) is 0 Å². The van der Waals surface area contributed by atoms with Gasteiger partial charge in [0.15, 0.2) is 11.6 Å². The van der Waals surface area contributed by atoms with E-state index in [1.165, 1.54) is 6.07 Å². The monoisotopic (exact) mass is 244 g/mol. The second-order valence-corrected chi connectivity index (χ2v) is 3.71. The Labute approximate surface area is 104 Å². The van der Waals surface area contributed by atoms with Gasteiger partial charge in [-0.25, -0.2) is 8.78 Å². The normalized spacial score (nSPS) is 11.5. The van der Waals surface area contributed by atoms with Crippen molar-refractivity contribution in [1.29, 1.82) is 0 Å². The Morgan fingerprint density at radius 3 is 2.33 bits per heavy atom. The van der Waals surface area contributed by atoms with Crippen LogP contribution in [0.15, 0.2) is 48.5 Å². The molecule has 0 heterocycles. The summed E-state index contributed by atoms with van der Waals surface area (Å²) in [7, 11) is 0. The maximum atomic E-state index is 12.9. The second-order valence-electron chi connectivity index (χ2n) is 3.71. The van der Waals surface area contributed by atoms with E-state index in [4.69, 9.17) is 0 Å². The molecule has 0 saturated heterocycles. The fourth-order valence-electron chi connectivity index (χ4n) is 1.44.